The van der Waals surface area contributed by atoms with E-state index in [9.17, 15) is 4.79 Å². The molecule has 3 N–H and O–H groups in total. The standard InChI is InChI=1S/C14H17N3O/c1-8-4-5-9(2)11(6-8)13(15)12-7-10(3)16-17-14(12)18/h4-7,13H,15H2,1-3H3,(H,17,18). The lowest BCUT2D eigenvalue weighted by Gasteiger charge is -2.15. The van der Waals surface area contributed by atoms with Crippen LogP contribution in [0.25, 0.3) is 0 Å². The number of H-pyrrole nitrogens is 1. The van der Waals surface area contributed by atoms with Gasteiger partial charge in [0.25, 0.3) is 5.56 Å². The zero-order chi connectivity index (χ0) is 13.3. The van der Waals surface area contributed by atoms with Crippen molar-refractivity contribution >= 4 is 0 Å². The molecule has 0 bridgehead atoms. The number of aryl methyl sites for hydroxylation is 3. The summed E-state index contributed by atoms with van der Waals surface area (Å²) >= 11 is 0. The molecule has 1 heterocycles. The molecule has 0 fully saturated rings. The van der Waals surface area contributed by atoms with Gasteiger partial charge >= 0.3 is 0 Å². The Kier molecular flexibility index (Phi) is 3.30. The SMILES string of the molecule is Cc1ccc(C)c(C(N)c2cc(C)n[nH]c2=O)c1. The molecule has 94 valence electrons. The Balaban J connectivity index is 2.54. The molecule has 1 atom stereocenters. The highest BCUT2D eigenvalue weighted by Gasteiger charge is 2.15. The molecule has 0 aliphatic rings. The predicted molar refractivity (Wildman–Crippen MR) is 71.5 cm³/mol. The van der Waals surface area contributed by atoms with Gasteiger partial charge < -0.3 is 5.73 Å². The number of hydrogen-bond acceptors (Lipinski definition) is 3. The second-order valence-electron chi connectivity index (χ2n) is 4.63. The van der Waals surface area contributed by atoms with Gasteiger partial charge in [0.15, 0.2) is 0 Å². The summed E-state index contributed by atoms with van der Waals surface area (Å²) in [6.07, 6.45) is 0. The smallest absolute Gasteiger partial charge is 0.269 e. The van der Waals surface area contributed by atoms with Crippen molar-refractivity contribution in [3.05, 3.63) is 62.6 Å². The van der Waals surface area contributed by atoms with E-state index in [-0.39, 0.29) is 5.56 Å². The van der Waals surface area contributed by atoms with Crippen LogP contribution in [0.2, 0.25) is 0 Å². The molecule has 1 aromatic heterocycles. The zero-order valence-electron chi connectivity index (χ0n) is 10.8. The fourth-order valence-electron chi connectivity index (χ4n) is 2.02. The highest BCUT2D eigenvalue weighted by atomic mass is 16.1. The molecule has 0 aliphatic heterocycles. The first-order valence-corrected chi connectivity index (χ1v) is 5.88. The van der Waals surface area contributed by atoms with E-state index in [4.69, 9.17) is 5.73 Å². The van der Waals surface area contributed by atoms with Crippen LogP contribution < -0.4 is 11.3 Å². The minimum absolute atomic E-state index is 0.228. The van der Waals surface area contributed by atoms with Gasteiger partial charge in [-0.3, -0.25) is 4.79 Å². The largest absolute Gasteiger partial charge is 0.320 e. The number of nitrogens with zero attached hydrogens (tertiary/aromatic N) is 1. The van der Waals surface area contributed by atoms with E-state index in [0.29, 0.717) is 5.56 Å². The second kappa shape index (κ2) is 4.74. The number of benzene rings is 1. The van der Waals surface area contributed by atoms with Gasteiger partial charge in [-0.15, -0.1) is 0 Å². The first kappa shape index (κ1) is 12.5. The molecule has 0 radical (unpaired) electrons. The van der Waals surface area contributed by atoms with Crippen molar-refractivity contribution in [3.63, 3.8) is 0 Å². The van der Waals surface area contributed by atoms with Crippen LogP contribution in [0.5, 0.6) is 0 Å². The highest BCUT2D eigenvalue weighted by Crippen LogP contribution is 2.21. The van der Waals surface area contributed by atoms with E-state index in [2.05, 4.69) is 10.2 Å². The number of aromatic amines is 1. The van der Waals surface area contributed by atoms with Crippen LogP contribution in [0.4, 0.5) is 0 Å². The van der Waals surface area contributed by atoms with Crippen LogP contribution >= 0.6 is 0 Å². The summed E-state index contributed by atoms with van der Waals surface area (Å²) in [6, 6.07) is 7.40. The number of hydrogen-bond donors (Lipinski definition) is 2. The predicted octanol–water partition coefficient (Wildman–Crippen LogP) is 1.74. The molecule has 1 aromatic carbocycles. The molecule has 2 rings (SSSR count). The minimum Gasteiger partial charge on any atom is -0.320 e. The number of aromatic nitrogens is 2. The molecular weight excluding hydrogens is 226 g/mol. The number of rotatable bonds is 2. The van der Waals surface area contributed by atoms with Crippen LogP contribution in [-0.4, -0.2) is 10.2 Å². The molecule has 4 heteroatoms. The fraction of sp³-hybridized carbons (Fsp3) is 0.286. The second-order valence-corrected chi connectivity index (χ2v) is 4.63. The van der Waals surface area contributed by atoms with Gasteiger partial charge in [0.1, 0.15) is 0 Å². The molecule has 0 amide bonds. The normalized spacial score (nSPS) is 12.4. The van der Waals surface area contributed by atoms with Crippen LogP contribution in [0.15, 0.2) is 29.1 Å². The summed E-state index contributed by atoms with van der Waals surface area (Å²) in [7, 11) is 0. The third kappa shape index (κ3) is 2.33. The maximum atomic E-state index is 11.8. The van der Waals surface area contributed by atoms with Crippen LogP contribution in [-0.2, 0) is 0 Å². The topological polar surface area (TPSA) is 71.8 Å². The summed E-state index contributed by atoms with van der Waals surface area (Å²) in [6.45, 7) is 5.84. The van der Waals surface area contributed by atoms with E-state index in [1.807, 2.05) is 39.0 Å². The van der Waals surface area contributed by atoms with Crippen molar-refractivity contribution in [1.29, 1.82) is 0 Å². The Morgan fingerprint density at radius 1 is 1.17 bits per heavy atom. The summed E-state index contributed by atoms with van der Waals surface area (Å²) in [4.78, 5) is 11.8. The maximum Gasteiger partial charge on any atom is 0.269 e. The van der Waals surface area contributed by atoms with Crippen LogP contribution in [0, 0.1) is 20.8 Å². The third-order valence-corrected chi connectivity index (χ3v) is 3.07. The van der Waals surface area contributed by atoms with Crippen molar-refractivity contribution in [2.45, 2.75) is 26.8 Å². The zero-order valence-corrected chi connectivity index (χ0v) is 10.8. The first-order chi connectivity index (χ1) is 8.49. The molecule has 1 unspecified atom stereocenters. The van der Waals surface area contributed by atoms with E-state index < -0.39 is 6.04 Å². The van der Waals surface area contributed by atoms with Crippen molar-refractivity contribution in [3.8, 4) is 0 Å². The Morgan fingerprint density at radius 3 is 2.61 bits per heavy atom. The van der Waals surface area contributed by atoms with E-state index in [0.717, 1.165) is 22.4 Å². The Bertz CT molecular complexity index is 631. The molecule has 18 heavy (non-hydrogen) atoms. The van der Waals surface area contributed by atoms with E-state index in [1.54, 1.807) is 6.07 Å². The molecule has 4 nitrogen and oxygen atoms in total. The lowest BCUT2D eigenvalue weighted by atomic mass is 9.95. The minimum atomic E-state index is -0.421. The van der Waals surface area contributed by atoms with Crippen LogP contribution in [0.3, 0.4) is 0 Å². The van der Waals surface area contributed by atoms with E-state index in [1.165, 1.54) is 0 Å². The molecule has 2 aromatic rings. The quantitative estimate of drug-likeness (QED) is 0.844. The van der Waals surface area contributed by atoms with Crippen molar-refractivity contribution in [2.24, 2.45) is 5.73 Å². The highest BCUT2D eigenvalue weighted by molar-refractivity contribution is 5.38. The van der Waals surface area contributed by atoms with Gasteiger partial charge in [-0.25, -0.2) is 5.10 Å². The van der Waals surface area contributed by atoms with Gasteiger partial charge in [-0.05, 0) is 38.0 Å². The van der Waals surface area contributed by atoms with Gasteiger partial charge in [-0.1, -0.05) is 23.8 Å². The molecular formula is C14H17N3O. The van der Waals surface area contributed by atoms with Crippen molar-refractivity contribution < 1.29 is 0 Å². The molecule has 0 saturated carbocycles. The average Bonchev–Trinajstić information content (AvgIpc) is 2.34. The molecule has 0 spiro atoms. The summed E-state index contributed by atoms with van der Waals surface area (Å²) in [5, 5.41) is 6.33. The van der Waals surface area contributed by atoms with Gasteiger partial charge in [0.05, 0.1) is 11.7 Å². The van der Waals surface area contributed by atoms with Gasteiger partial charge in [0.2, 0.25) is 0 Å². The number of nitrogens with one attached hydrogen (secondary N) is 1. The first-order valence-electron chi connectivity index (χ1n) is 5.88. The monoisotopic (exact) mass is 243 g/mol. The summed E-state index contributed by atoms with van der Waals surface area (Å²) in [5.41, 5.74) is 10.5. The lowest BCUT2D eigenvalue weighted by molar-refractivity contribution is 0.808. The summed E-state index contributed by atoms with van der Waals surface area (Å²) < 4.78 is 0. The summed E-state index contributed by atoms with van der Waals surface area (Å²) in [5.74, 6) is 0. The van der Waals surface area contributed by atoms with Gasteiger partial charge in [0, 0.05) is 5.56 Å². The third-order valence-electron chi connectivity index (χ3n) is 3.07. The average molecular weight is 243 g/mol. The van der Waals surface area contributed by atoms with Gasteiger partial charge in [-0.2, -0.15) is 5.10 Å². The Labute approximate surface area is 106 Å². The van der Waals surface area contributed by atoms with Crippen molar-refractivity contribution in [1.82, 2.24) is 10.2 Å². The number of nitrogens with two attached hydrogens (primary N) is 1. The Morgan fingerprint density at radius 2 is 1.89 bits per heavy atom. The van der Waals surface area contributed by atoms with Crippen molar-refractivity contribution in [2.75, 3.05) is 0 Å². The molecule has 0 saturated heterocycles. The van der Waals surface area contributed by atoms with E-state index >= 15 is 0 Å². The fourth-order valence-corrected chi connectivity index (χ4v) is 2.02. The maximum absolute atomic E-state index is 11.8. The lowest BCUT2D eigenvalue weighted by Crippen LogP contribution is -2.24. The van der Waals surface area contributed by atoms with Crippen LogP contribution in [0.1, 0.15) is 34.0 Å². The molecule has 0 aliphatic carbocycles. The Hall–Kier alpha value is -1.94.